The summed E-state index contributed by atoms with van der Waals surface area (Å²) in [6.07, 6.45) is 3.39. The first-order valence-electron chi connectivity index (χ1n) is 5.10. The second-order valence-electron chi connectivity index (χ2n) is 3.82. The molecule has 0 bridgehead atoms. The van der Waals surface area contributed by atoms with Crippen LogP contribution in [-0.2, 0) is 0 Å². The molecule has 0 unspecified atom stereocenters. The quantitative estimate of drug-likeness (QED) is 0.777. The topological polar surface area (TPSA) is 84.3 Å². The molecule has 1 aliphatic rings. The lowest BCUT2D eigenvalue weighted by molar-refractivity contribution is 0.191. The maximum absolute atomic E-state index is 9.38. The van der Waals surface area contributed by atoms with E-state index in [4.69, 9.17) is 8.94 Å². The van der Waals surface area contributed by atoms with Crippen molar-refractivity contribution in [2.24, 2.45) is 0 Å². The number of hydrogen-bond acceptors (Lipinski definition) is 6. The van der Waals surface area contributed by atoms with Crippen molar-refractivity contribution in [3.05, 3.63) is 24.5 Å². The Balaban J connectivity index is 1.83. The summed E-state index contributed by atoms with van der Waals surface area (Å²) in [5, 5.41) is 16.4. The molecule has 2 aromatic heterocycles. The lowest BCUT2D eigenvalue weighted by Gasteiger charge is -2.01. The molecule has 84 valence electrons. The number of aliphatic hydroxyl groups excluding tert-OH is 1. The van der Waals surface area contributed by atoms with E-state index in [0.29, 0.717) is 24.7 Å². The highest BCUT2D eigenvalue weighted by atomic mass is 16.5. The van der Waals surface area contributed by atoms with Crippen LogP contribution in [0.25, 0.3) is 11.4 Å². The molecule has 0 aliphatic carbocycles. The zero-order valence-electron chi connectivity index (χ0n) is 8.46. The van der Waals surface area contributed by atoms with E-state index in [1.54, 1.807) is 18.6 Å². The predicted molar refractivity (Wildman–Crippen MR) is 53.4 cm³/mol. The Morgan fingerprint density at radius 3 is 3.12 bits per heavy atom. The first-order chi connectivity index (χ1) is 7.83. The van der Waals surface area contributed by atoms with Gasteiger partial charge >= 0.3 is 0 Å². The average Bonchev–Trinajstić information content (AvgIpc) is 2.97. The van der Waals surface area contributed by atoms with Crippen LogP contribution in [-0.4, -0.2) is 27.9 Å². The van der Waals surface area contributed by atoms with Crippen LogP contribution in [0.15, 0.2) is 27.5 Å². The second-order valence-corrected chi connectivity index (χ2v) is 3.82. The van der Waals surface area contributed by atoms with Crippen LogP contribution in [0.2, 0.25) is 0 Å². The Morgan fingerprint density at radius 1 is 1.50 bits per heavy atom. The van der Waals surface area contributed by atoms with E-state index in [0.717, 1.165) is 5.56 Å². The molecule has 1 saturated heterocycles. The summed E-state index contributed by atoms with van der Waals surface area (Å²) in [5.41, 5.74) is 0.786. The van der Waals surface area contributed by atoms with Crippen molar-refractivity contribution in [1.29, 1.82) is 0 Å². The molecule has 3 rings (SSSR count). The SMILES string of the molecule is O[C@H]1CN[C@@H](c2nc(-c3ccoc3)no2)C1. The van der Waals surface area contributed by atoms with Gasteiger partial charge in [-0.15, -0.1) is 0 Å². The highest BCUT2D eigenvalue weighted by Crippen LogP contribution is 2.24. The number of furan rings is 1. The fourth-order valence-corrected chi connectivity index (χ4v) is 1.79. The summed E-state index contributed by atoms with van der Waals surface area (Å²) >= 11 is 0. The van der Waals surface area contributed by atoms with E-state index in [-0.39, 0.29) is 12.1 Å². The Bertz CT molecular complexity index is 465. The first kappa shape index (κ1) is 9.56. The summed E-state index contributed by atoms with van der Waals surface area (Å²) in [7, 11) is 0. The molecule has 2 aromatic rings. The first-order valence-corrected chi connectivity index (χ1v) is 5.10. The van der Waals surface area contributed by atoms with Gasteiger partial charge in [-0.1, -0.05) is 5.16 Å². The smallest absolute Gasteiger partial charge is 0.244 e. The Morgan fingerprint density at radius 2 is 2.44 bits per heavy atom. The van der Waals surface area contributed by atoms with Crippen molar-refractivity contribution < 1.29 is 14.0 Å². The molecule has 6 heteroatoms. The number of aliphatic hydroxyl groups is 1. The van der Waals surface area contributed by atoms with Gasteiger partial charge in [0.25, 0.3) is 0 Å². The van der Waals surface area contributed by atoms with E-state index >= 15 is 0 Å². The van der Waals surface area contributed by atoms with Crippen molar-refractivity contribution in [2.45, 2.75) is 18.6 Å². The molecule has 0 spiro atoms. The van der Waals surface area contributed by atoms with Crippen molar-refractivity contribution >= 4 is 0 Å². The molecule has 0 radical (unpaired) electrons. The maximum atomic E-state index is 9.38. The van der Waals surface area contributed by atoms with Gasteiger partial charge in [-0.2, -0.15) is 4.98 Å². The second kappa shape index (κ2) is 3.73. The maximum Gasteiger partial charge on any atom is 0.244 e. The van der Waals surface area contributed by atoms with E-state index in [9.17, 15) is 5.11 Å². The van der Waals surface area contributed by atoms with Gasteiger partial charge in [-0.3, -0.25) is 0 Å². The van der Waals surface area contributed by atoms with Gasteiger partial charge in [-0.05, 0) is 12.5 Å². The molecule has 2 atom stereocenters. The van der Waals surface area contributed by atoms with Gasteiger partial charge in [0.05, 0.1) is 24.0 Å². The highest BCUT2D eigenvalue weighted by molar-refractivity contribution is 5.51. The fraction of sp³-hybridized carbons (Fsp3) is 0.400. The minimum Gasteiger partial charge on any atom is -0.472 e. The molecule has 0 aromatic carbocycles. The monoisotopic (exact) mass is 221 g/mol. The lowest BCUT2D eigenvalue weighted by atomic mass is 10.2. The molecule has 6 nitrogen and oxygen atoms in total. The molecule has 2 N–H and O–H groups in total. The van der Waals surface area contributed by atoms with Crippen LogP contribution in [0.3, 0.4) is 0 Å². The van der Waals surface area contributed by atoms with Crippen molar-refractivity contribution in [3.63, 3.8) is 0 Å². The Hall–Kier alpha value is -1.66. The summed E-state index contributed by atoms with van der Waals surface area (Å²) in [4.78, 5) is 4.26. The molecule has 16 heavy (non-hydrogen) atoms. The van der Waals surface area contributed by atoms with Crippen molar-refractivity contribution in [3.8, 4) is 11.4 Å². The third-order valence-corrected chi connectivity index (χ3v) is 2.63. The van der Waals surface area contributed by atoms with Gasteiger partial charge in [0.15, 0.2) is 0 Å². The number of hydrogen-bond donors (Lipinski definition) is 2. The minimum atomic E-state index is -0.339. The van der Waals surface area contributed by atoms with Gasteiger partial charge in [0.1, 0.15) is 6.26 Å². The molecule has 0 amide bonds. The van der Waals surface area contributed by atoms with Crippen molar-refractivity contribution in [2.75, 3.05) is 6.54 Å². The van der Waals surface area contributed by atoms with Crippen LogP contribution in [0.5, 0.6) is 0 Å². The van der Waals surface area contributed by atoms with E-state index in [2.05, 4.69) is 15.5 Å². The molecular weight excluding hydrogens is 210 g/mol. The Kier molecular flexibility index (Phi) is 2.23. The van der Waals surface area contributed by atoms with Crippen LogP contribution in [0.4, 0.5) is 0 Å². The minimum absolute atomic E-state index is 0.0526. The Labute approximate surface area is 91.3 Å². The zero-order valence-corrected chi connectivity index (χ0v) is 8.46. The van der Waals surface area contributed by atoms with Gasteiger partial charge in [-0.25, -0.2) is 0 Å². The molecule has 1 fully saturated rings. The summed E-state index contributed by atoms with van der Waals surface area (Å²) in [5.74, 6) is 1.01. The van der Waals surface area contributed by atoms with Gasteiger partial charge in [0, 0.05) is 6.54 Å². The summed E-state index contributed by atoms with van der Waals surface area (Å²) in [6, 6.07) is 1.72. The molecule has 3 heterocycles. The number of nitrogens with zero attached hydrogens (tertiary/aromatic N) is 2. The molecule has 0 saturated carbocycles. The predicted octanol–water partition coefficient (Wildman–Crippen LogP) is 0.725. The van der Waals surface area contributed by atoms with Crippen LogP contribution < -0.4 is 5.32 Å². The third kappa shape index (κ3) is 1.62. The number of aromatic nitrogens is 2. The summed E-state index contributed by atoms with van der Waals surface area (Å²) in [6.45, 7) is 0.564. The summed E-state index contributed by atoms with van der Waals surface area (Å²) < 4.78 is 10.1. The number of rotatable bonds is 2. The normalized spacial score (nSPS) is 25.1. The average molecular weight is 221 g/mol. The fourth-order valence-electron chi connectivity index (χ4n) is 1.79. The van der Waals surface area contributed by atoms with E-state index < -0.39 is 0 Å². The van der Waals surface area contributed by atoms with E-state index in [1.165, 1.54) is 0 Å². The lowest BCUT2D eigenvalue weighted by Crippen LogP contribution is -2.15. The van der Waals surface area contributed by atoms with Crippen LogP contribution in [0.1, 0.15) is 18.4 Å². The third-order valence-electron chi connectivity index (χ3n) is 2.63. The van der Waals surface area contributed by atoms with Gasteiger partial charge < -0.3 is 19.4 Å². The van der Waals surface area contributed by atoms with Crippen LogP contribution >= 0.6 is 0 Å². The molecule has 1 aliphatic heterocycles. The molecular formula is C10H11N3O3. The van der Waals surface area contributed by atoms with Crippen molar-refractivity contribution in [1.82, 2.24) is 15.5 Å². The number of nitrogens with one attached hydrogen (secondary N) is 1. The number of β-amino-alcohol motifs (C(OH)–C–C–N with tert-alkyl or cyclic N) is 1. The van der Waals surface area contributed by atoms with Crippen LogP contribution in [0, 0.1) is 0 Å². The largest absolute Gasteiger partial charge is 0.472 e. The van der Waals surface area contributed by atoms with E-state index in [1.807, 2.05) is 0 Å². The van der Waals surface area contributed by atoms with Gasteiger partial charge in [0.2, 0.25) is 11.7 Å². The zero-order chi connectivity index (χ0) is 11.0. The standard InChI is InChI=1S/C10H11N3O3/c14-7-3-8(11-4-7)10-12-9(13-16-10)6-1-2-15-5-6/h1-2,5,7-8,11,14H,3-4H2/t7-,8-/m1/s1. The highest BCUT2D eigenvalue weighted by Gasteiger charge is 2.28.